The summed E-state index contributed by atoms with van der Waals surface area (Å²) < 4.78 is 5.05. The molecule has 0 aliphatic carbocycles. The van der Waals surface area contributed by atoms with Crippen molar-refractivity contribution in [3.63, 3.8) is 0 Å². The van der Waals surface area contributed by atoms with Crippen molar-refractivity contribution in [2.24, 2.45) is 5.92 Å². The normalized spacial score (nSPS) is 11.1. The number of Topliss-reactive ketones (excluding diaryl/α,β-unsaturated/α-hetero) is 1. The second kappa shape index (κ2) is 14.4. The molecule has 0 radical (unpaired) electrons. The summed E-state index contributed by atoms with van der Waals surface area (Å²) in [7, 11) is 0. The molecule has 0 saturated carbocycles. The first-order valence-electron chi connectivity index (χ1n) is 10.7. The first-order chi connectivity index (χ1) is 14.1. The molecular formula is C26H39NO3. The SMILES string of the molecule is CC.CC(=O)[C@H](C)CCNC(=O)OC(C)(C)C.Cc1ccc(-c2ccccc2)cc1. The number of ether oxygens (including phenoxy) is 1. The molecule has 30 heavy (non-hydrogen) atoms. The van der Waals surface area contributed by atoms with Gasteiger partial charge in [-0.05, 0) is 52.2 Å². The van der Waals surface area contributed by atoms with Gasteiger partial charge in [-0.15, -0.1) is 0 Å². The molecule has 0 heterocycles. The van der Waals surface area contributed by atoms with Crippen LogP contribution in [0, 0.1) is 12.8 Å². The molecule has 2 aromatic rings. The van der Waals surface area contributed by atoms with E-state index in [2.05, 4.69) is 60.8 Å². The van der Waals surface area contributed by atoms with Crippen molar-refractivity contribution in [2.45, 2.75) is 67.4 Å². The first-order valence-corrected chi connectivity index (χ1v) is 10.7. The number of ketones is 1. The minimum atomic E-state index is -0.476. The third-order valence-corrected chi connectivity index (χ3v) is 4.10. The second-order valence-corrected chi connectivity index (χ2v) is 7.96. The summed E-state index contributed by atoms with van der Waals surface area (Å²) in [6, 6.07) is 19.0. The number of aryl methyl sites for hydroxylation is 1. The van der Waals surface area contributed by atoms with E-state index >= 15 is 0 Å². The topological polar surface area (TPSA) is 55.4 Å². The van der Waals surface area contributed by atoms with Gasteiger partial charge < -0.3 is 10.1 Å². The van der Waals surface area contributed by atoms with Gasteiger partial charge >= 0.3 is 6.09 Å². The molecule has 1 atom stereocenters. The summed E-state index contributed by atoms with van der Waals surface area (Å²) in [6.45, 7) is 15.4. The van der Waals surface area contributed by atoms with Crippen LogP contribution in [-0.4, -0.2) is 24.0 Å². The molecule has 2 aromatic carbocycles. The van der Waals surface area contributed by atoms with E-state index in [9.17, 15) is 9.59 Å². The smallest absolute Gasteiger partial charge is 0.407 e. The summed E-state index contributed by atoms with van der Waals surface area (Å²) in [6.07, 6.45) is 0.215. The van der Waals surface area contributed by atoms with Gasteiger partial charge in [0, 0.05) is 12.5 Å². The van der Waals surface area contributed by atoms with Gasteiger partial charge in [0.15, 0.2) is 0 Å². The highest BCUT2D eigenvalue weighted by molar-refractivity contribution is 5.77. The van der Waals surface area contributed by atoms with Gasteiger partial charge in [-0.25, -0.2) is 4.79 Å². The summed E-state index contributed by atoms with van der Waals surface area (Å²) in [5.74, 6) is 0.126. The van der Waals surface area contributed by atoms with E-state index in [4.69, 9.17) is 4.74 Å². The van der Waals surface area contributed by atoms with Crippen LogP contribution in [0.15, 0.2) is 54.6 Å². The quantitative estimate of drug-likeness (QED) is 0.585. The van der Waals surface area contributed by atoms with E-state index in [-0.39, 0.29) is 11.7 Å². The zero-order valence-corrected chi connectivity index (χ0v) is 19.9. The van der Waals surface area contributed by atoms with Crippen LogP contribution >= 0.6 is 0 Å². The Hall–Kier alpha value is -2.62. The van der Waals surface area contributed by atoms with Crippen LogP contribution < -0.4 is 5.32 Å². The fourth-order valence-corrected chi connectivity index (χ4v) is 2.28. The predicted octanol–water partition coefficient (Wildman–Crippen LogP) is 6.81. The van der Waals surface area contributed by atoms with Gasteiger partial charge in [0.25, 0.3) is 0 Å². The monoisotopic (exact) mass is 413 g/mol. The van der Waals surface area contributed by atoms with Crippen molar-refractivity contribution in [3.05, 3.63) is 60.2 Å². The van der Waals surface area contributed by atoms with Crippen molar-refractivity contribution in [1.29, 1.82) is 0 Å². The Kier molecular flexibility index (Phi) is 13.1. The average molecular weight is 414 g/mol. The number of hydrogen-bond donors (Lipinski definition) is 1. The Morgan fingerprint density at radius 1 is 0.933 bits per heavy atom. The molecule has 166 valence electrons. The number of rotatable bonds is 5. The van der Waals surface area contributed by atoms with E-state index in [0.717, 1.165) is 0 Å². The van der Waals surface area contributed by atoms with E-state index in [1.54, 1.807) is 6.92 Å². The lowest BCUT2D eigenvalue weighted by atomic mass is 10.0. The van der Waals surface area contributed by atoms with Crippen molar-refractivity contribution >= 4 is 11.9 Å². The number of hydrogen-bond acceptors (Lipinski definition) is 3. The lowest BCUT2D eigenvalue weighted by molar-refractivity contribution is -0.120. The summed E-state index contributed by atoms with van der Waals surface area (Å²) in [5, 5.41) is 2.61. The zero-order chi connectivity index (χ0) is 23.2. The summed E-state index contributed by atoms with van der Waals surface area (Å²) in [4.78, 5) is 22.1. The molecule has 0 aliphatic heterocycles. The molecule has 0 fully saturated rings. The van der Waals surface area contributed by atoms with Crippen molar-refractivity contribution < 1.29 is 14.3 Å². The van der Waals surface area contributed by atoms with Gasteiger partial charge in [0.2, 0.25) is 0 Å². The molecule has 4 heteroatoms. The minimum absolute atomic E-state index is 0.0139. The van der Waals surface area contributed by atoms with E-state index in [1.807, 2.05) is 47.6 Å². The lowest BCUT2D eigenvalue weighted by Gasteiger charge is -2.19. The van der Waals surface area contributed by atoms with E-state index in [1.165, 1.54) is 16.7 Å². The lowest BCUT2D eigenvalue weighted by Crippen LogP contribution is -2.33. The largest absolute Gasteiger partial charge is 0.444 e. The fraction of sp³-hybridized carbons (Fsp3) is 0.462. The molecule has 1 N–H and O–H groups in total. The number of benzene rings is 2. The molecular weight excluding hydrogens is 374 g/mol. The summed E-state index contributed by atoms with van der Waals surface area (Å²) >= 11 is 0. The number of amides is 1. The Morgan fingerprint density at radius 2 is 1.43 bits per heavy atom. The molecule has 2 rings (SSSR count). The maximum Gasteiger partial charge on any atom is 0.407 e. The number of carbonyl (C=O) groups is 2. The highest BCUT2D eigenvalue weighted by Gasteiger charge is 2.16. The Morgan fingerprint density at radius 3 is 1.90 bits per heavy atom. The third kappa shape index (κ3) is 12.8. The van der Waals surface area contributed by atoms with Crippen LogP contribution in [0.25, 0.3) is 11.1 Å². The fourth-order valence-electron chi connectivity index (χ4n) is 2.28. The van der Waals surface area contributed by atoms with Gasteiger partial charge in [-0.3, -0.25) is 4.79 Å². The van der Waals surface area contributed by atoms with Gasteiger partial charge in [-0.2, -0.15) is 0 Å². The molecule has 0 spiro atoms. The maximum atomic E-state index is 11.2. The van der Waals surface area contributed by atoms with Crippen LogP contribution in [0.3, 0.4) is 0 Å². The number of alkyl carbamates (subject to hydrolysis) is 1. The molecule has 0 aromatic heterocycles. The van der Waals surface area contributed by atoms with Crippen LogP contribution in [0.2, 0.25) is 0 Å². The van der Waals surface area contributed by atoms with Crippen molar-refractivity contribution in [2.75, 3.05) is 6.54 Å². The Labute approximate surface area is 183 Å². The molecule has 0 bridgehead atoms. The minimum Gasteiger partial charge on any atom is -0.444 e. The third-order valence-electron chi connectivity index (χ3n) is 4.10. The van der Waals surface area contributed by atoms with Gasteiger partial charge in [-0.1, -0.05) is 80.9 Å². The molecule has 4 nitrogen and oxygen atoms in total. The number of nitrogens with one attached hydrogen (secondary N) is 1. The van der Waals surface area contributed by atoms with Crippen LogP contribution in [0.1, 0.15) is 60.5 Å². The zero-order valence-electron chi connectivity index (χ0n) is 19.9. The maximum absolute atomic E-state index is 11.2. The molecule has 0 unspecified atom stereocenters. The molecule has 0 saturated heterocycles. The molecule has 0 aliphatic rings. The highest BCUT2D eigenvalue weighted by Crippen LogP contribution is 2.18. The van der Waals surface area contributed by atoms with Gasteiger partial charge in [0.05, 0.1) is 0 Å². The van der Waals surface area contributed by atoms with Gasteiger partial charge in [0.1, 0.15) is 11.4 Å². The average Bonchev–Trinajstić information content (AvgIpc) is 2.70. The highest BCUT2D eigenvalue weighted by atomic mass is 16.6. The van der Waals surface area contributed by atoms with Crippen LogP contribution in [-0.2, 0) is 9.53 Å². The van der Waals surface area contributed by atoms with Crippen molar-refractivity contribution in [3.8, 4) is 11.1 Å². The van der Waals surface area contributed by atoms with Crippen LogP contribution in [0.5, 0.6) is 0 Å². The predicted molar refractivity (Wildman–Crippen MR) is 127 cm³/mol. The van der Waals surface area contributed by atoms with E-state index in [0.29, 0.717) is 13.0 Å². The number of carbonyl (C=O) groups excluding carboxylic acids is 2. The second-order valence-electron chi connectivity index (χ2n) is 7.96. The molecule has 1 amide bonds. The Balaban J connectivity index is 0.000000520. The first kappa shape index (κ1) is 27.4. The van der Waals surface area contributed by atoms with Crippen LogP contribution in [0.4, 0.5) is 4.79 Å². The Bertz CT molecular complexity index is 731. The standard InChI is InChI=1S/C13H12.C11H21NO3.C2H6/c1-11-7-9-13(10-8-11)12-5-3-2-4-6-12;1-8(9(2)13)6-7-12-10(14)15-11(3,4)5;1-2/h2-10H,1H3;8H,6-7H2,1-5H3,(H,12,14);1-2H3/t;8-;/m.1./s1. The van der Waals surface area contributed by atoms with Crippen molar-refractivity contribution in [1.82, 2.24) is 5.32 Å². The summed E-state index contributed by atoms with van der Waals surface area (Å²) in [5.41, 5.74) is 3.39. The van der Waals surface area contributed by atoms with E-state index < -0.39 is 11.7 Å².